The third kappa shape index (κ3) is 2.35. The van der Waals surface area contributed by atoms with Crippen molar-refractivity contribution in [1.29, 1.82) is 0 Å². The molecule has 0 unspecified atom stereocenters. The van der Waals surface area contributed by atoms with Crippen molar-refractivity contribution in [3.63, 3.8) is 0 Å². The van der Waals surface area contributed by atoms with Crippen molar-refractivity contribution in [2.75, 3.05) is 13.9 Å². The molecule has 2 N–H and O–H groups in total. The predicted molar refractivity (Wildman–Crippen MR) is 73.5 cm³/mol. The summed E-state index contributed by atoms with van der Waals surface area (Å²) in [6.07, 6.45) is 0. The second-order valence-electron chi connectivity index (χ2n) is 4.29. The maximum absolute atomic E-state index is 5.87. The van der Waals surface area contributed by atoms with Crippen LogP contribution in [0.25, 0.3) is 0 Å². The van der Waals surface area contributed by atoms with E-state index in [0.29, 0.717) is 23.8 Å². The van der Waals surface area contributed by atoms with E-state index in [1.165, 1.54) is 0 Å². The van der Waals surface area contributed by atoms with Crippen LogP contribution in [0.4, 0.5) is 0 Å². The standard InChI is InChI=1S/C15H15NO4/c1-17-11-3-2-10(8-16)14(6-11)20-12-4-5-13-15(7-12)19-9-18-13/h2-7H,8-9,16H2,1H3. The number of methoxy groups -OCH3 is 1. The molecule has 5 heteroatoms. The number of ether oxygens (including phenoxy) is 4. The van der Waals surface area contributed by atoms with Crippen LogP contribution in [0.2, 0.25) is 0 Å². The largest absolute Gasteiger partial charge is 0.497 e. The highest BCUT2D eigenvalue weighted by atomic mass is 16.7. The zero-order chi connectivity index (χ0) is 13.9. The van der Waals surface area contributed by atoms with E-state index in [-0.39, 0.29) is 6.79 Å². The molecule has 0 fully saturated rings. The summed E-state index contributed by atoms with van der Waals surface area (Å²) in [4.78, 5) is 0. The fourth-order valence-corrected chi connectivity index (χ4v) is 1.99. The summed E-state index contributed by atoms with van der Waals surface area (Å²) in [6.45, 7) is 0.635. The average Bonchev–Trinajstić information content (AvgIpc) is 2.94. The third-order valence-corrected chi connectivity index (χ3v) is 3.07. The Kier molecular flexibility index (Phi) is 3.35. The van der Waals surface area contributed by atoms with E-state index in [4.69, 9.17) is 24.7 Å². The lowest BCUT2D eigenvalue weighted by Gasteiger charge is -2.12. The van der Waals surface area contributed by atoms with Crippen molar-refractivity contribution in [2.45, 2.75) is 6.54 Å². The van der Waals surface area contributed by atoms with Gasteiger partial charge in [0.1, 0.15) is 17.2 Å². The SMILES string of the molecule is COc1ccc(CN)c(Oc2ccc3c(c2)OCO3)c1. The molecule has 5 nitrogen and oxygen atoms in total. The van der Waals surface area contributed by atoms with Crippen molar-refractivity contribution in [2.24, 2.45) is 5.73 Å². The quantitative estimate of drug-likeness (QED) is 0.927. The van der Waals surface area contributed by atoms with Crippen molar-refractivity contribution in [3.8, 4) is 28.7 Å². The lowest BCUT2D eigenvalue weighted by atomic mass is 10.2. The molecule has 104 valence electrons. The van der Waals surface area contributed by atoms with Gasteiger partial charge in [-0.25, -0.2) is 0 Å². The van der Waals surface area contributed by atoms with Crippen LogP contribution >= 0.6 is 0 Å². The molecule has 0 radical (unpaired) electrons. The molecule has 0 saturated carbocycles. The van der Waals surface area contributed by atoms with E-state index >= 15 is 0 Å². The zero-order valence-corrected chi connectivity index (χ0v) is 11.1. The maximum Gasteiger partial charge on any atom is 0.231 e. The molecule has 0 saturated heterocycles. The molecule has 0 amide bonds. The Morgan fingerprint density at radius 1 is 1.05 bits per heavy atom. The molecule has 2 aromatic rings. The van der Waals surface area contributed by atoms with E-state index < -0.39 is 0 Å². The van der Waals surface area contributed by atoms with Gasteiger partial charge < -0.3 is 24.7 Å². The van der Waals surface area contributed by atoms with Crippen molar-refractivity contribution < 1.29 is 18.9 Å². The molecule has 3 rings (SSSR count). The van der Waals surface area contributed by atoms with Gasteiger partial charge in [-0.3, -0.25) is 0 Å². The normalized spacial score (nSPS) is 12.3. The van der Waals surface area contributed by atoms with Gasteiger partial charge in [-0.1, -0.05) is 6.07 Å². The second-order valence-corrected chi connectivity index (χ2v) is 4.29. The molecule has 1 aliphatic rings. The molecule has 2 aromatic carbocycles. The van der Waals surface area contributed by atoms with Crippen molar-refractivity contribution >= 4 is 0 Å². The fraction of sp³-hybridized carbons (Fsp3) is 0.200. The van der Waals surface area contributed by atoms with Crippen LogP contribution in [0.15, 0.2) is 36.4 Å². The van der Waals surface area contributed by atoms with Gasteiger partial charge in [0.25, 0.3) is 0 Å². The summed E-state index contributed by atoms with van der Waals surface area (Å²) >= 11 is 0. The minimum Gasteiger partial charge on any atom is -0.497 e. The Hall–Kier alpha value is -2.40. The first-order valence-electron chi connectivity index (χ1n) is 6.24. The predicted octanol–water partition coefficient (Wildman–Crippen LogP) is 2.67. The van der Waals surface area contributed by atoms with Gasteiger partial charge in [0.05, 0.1) is 7.11 Å². The molecular formula is C15H15NO4. The van der Waals surface area contributed by atoms with Gasteiger partial charge in [-0.15, -0.1) is 0 Å². The molecule has 0 bridgehead atoms. The van der Waals surface area contributed by atoms with Crippen LogP contribution in [-0.2, 0) is 6.54 Å². The van der Waals surface area contributed by atoms with Gasteiger partial charge in [0.2, 0.25) is 6.79 Å². The lowest BCUT2D eigenvalue weighted by Crippen LogP contribution is -2.00. The van der Waals surface area contributed by atoms with Crippen LogP contribution in [0.3, 0.4) is 0 Å². The zero-order valence-electron chi connectivity index (χ0n) is 11.1. The first kappa shape index (κ1) is 12.6. The Bertz CT molecular complexity index is 627. The number of fused-ring (bicyclic) bond motifs is 1. The minimum absolute atomic E-state index is 0.242. The molecule has 20 heavy (non-hydrogen) atoms. The van der Waals surface area contributed by atoms with Gasteiger partial charge in [-0.2, -0.15) is 0 Å². The minimum atomic E-state index is 0.242. The van der Waals surface area contributed by atoms with Crippen molar-refractivity contribution in [1.82, 2.24) is 0 Å². The van der Waals surface area contributed by atoms with E-state index in [0.717, 1.165) is 17.1 Å². The van der Waals surface area contributed by atoms with Crippen LogP contribution in [-0.4, -0.2) is 13.9 Å². The number of rotatable bonds is 4. The van der Waals surface area contributed by atoms with Crippen LogP contribution in [0, 0.1) is 0 Å². The maximum atomic E-state index is 5.87. The number of benzene rings is 2. The molecule has 0 aromatic heterocycles. The Morgan fingerprint density at radius 3 is 2.65 bits per heavy atom. The first-order valence-corrected chi connectivity index (χ1v) is 6.24. The Labute approximate surface area is 116 Å². The molecule has 1 aliphatic heterocycles. The van der Waals surface area contributed by atoms with E-state index in [1.54, 1.807) is 13.2 Å². The summed E-state index contributed by atoms with van der Waals surface area (Å²) in [5.41, 5.74) is 6.63. The summed E-state index contributed by atoms with van der Waals surface area (Å²) in [6, 6.07) is 11.0. The molecule has 0 atom stereocenters. The van der Waals surface area contributed by atoms with E-state index in [2.05, 4.69) is 0 Å². The summed E-state index contributed by atoms with van der Waals surface area (Å²) < 4.78 is 21.7. The van der Waals surface area contributed by atoms with Gasteiger partial charge >= 0.3 is 0 Å². The molecule has 1 heterocycles. The Balaban J connectivity index is 1.90. The number of hydrogen-bond donors (Lipinski definition) is 1. The lowest BCUT2D eigenvalue weighted by molar-refractivity contribution is 0.174. The van der Waals surface area contributed by atoms with Gasteiger partial charge in [-0.05, 0) is 18.2 Å². The van der Waals surface area contributed by atoms with E-state index in [9.17, 15) is 0 Å². The topological polar surface area (TPSA) is 62.9 Å². The third-order valence-electron chi connectivity index (χ3n) is 3.07. The molecule has 0 aliphatic carbocycles. The fourth-order valence-electron chi connectivity index (χ4n) is 1.99. The number of nitrogens with two attached hydrogens (primary N) is 1. The van der Waals surface area contributed by atoms with Gasteiger partial charge in [0, 0.05) is 24.2 Å². The number of hydrogen-bond acceptors (Lipinski definition) is 5. The van der Waals surface area contributed by atoms with Gasteiger partial charge in [0.15, 0.2) is 11.5 Å². The molecule has 0 spiro atoms. The average molecular weight is 273 g/mol. The molecular weight excluding hydrogens is 258 g/mol. The van der Waals surface area contributed by atoms with E-state index in [1.807, 2.05) is 30.3 Å². The highest BCUT2D eigenvalue weighted by Crippen LogP contribution is 2.37. The summed E-state index contributed by atoms with van der Waals surface area (Å²) in [7, 11) is 1.61. The van der Waals surface area contributed by atoms with Crippen LogP contribution in [0.1, 0.15) is 5.56 Å². The summed E-state index contributed by atoms with van der Waals surface area (Å²) in [5.74, 6) is 3.46. The van der Waals surface area contributed by atoms with Crippen LogP contribution in [0.5, 0.6) is 28.7 Å². The highest BCUT2D eigenvalue weighted by molar-refractivity contribution is 5.49. The smallest absolute Gasteiger partial charge is 0.231 e. The van der Waals surface area contributed by atoms with Crippen molar-refractivity contribution in [3.05, 3.63) is 42.0 Å². The monoisotopic (exact) mass is 273 g/mol. The van der Waals surface area contributed by atoms with Crippen LogP contribution < -0.4 is 24.7 Å². The second kappa shape index (κ2) is 5.30. The first-order chi connectivity index (χ1) is 9.80. The highest BCUT2D eigenvalue weighted by Gasteiger charge is 2.14. The Morgan fingerprint density at radius 2 is 1.85 bits per heavy atom. The summed E-state index contributed by atoms with van der Waals surface area (Å²) in [5, 5.41) is 0.